The summed E-state index contributed by atoms with van der Waals surface area (Å²) in [7, 11) is -4.52. The number of hydroxylamine groups is 1. The van der Waals surface area contributed by atoms with Gasteiger partial charge in [-0.3, -0.25) is 10.3 Å². The van der Waals surface area contributed by atoms with Gasteiger partial charge in [0.1, 0.15) is 5.60 Å². The van der Waals surface area contributed by atoms with Gasteiger partial charge in [-0.15, -0.1) is 13.2 Å². The second-order valence-electron chi connectivity index (χ2n) is 6.07. The molecular formula is C13H15F6N3O4S. The minimum atomic E-state index is -5.34. The van der Waals surface area contributed by atoms with Crippen LogP contribution in [0, 0.1) is 0 Å². The molecule has 0 atom stereocenters. The van der Waals surface area contributed by atoms with E-state index < -0.39 is 62.4 Å². The first-order chi connectivity index (χ1) is 12.1. The molecule has 1 N–H and O–H groups in total. The highest BCUT2D eigenvalue weighted by Crippen LogP contribution is 2.39. The van der Waals surface area contributed by atoms with Crippen LogP contribution < -0.4 is 10.2 Å². The molecule has 0 unspecified atom stereocenters. The number of halogens is 6. The van der Waals surface area contributed by atoms with Crippen LogP contribution >= 0.6 is 0 Å². The summed E-state index contributed by atoms with van der Waals surface area (Å²) in [5.74, 6) is -2.76. The molecule has 27 heavy (non-hydrogen) atoms. The Morgan fingerprint density at radius 2 is 1.85 bits per heavy atom. The SMILES string of the molecule is CCn1nc(C(F)(F)F)c(CS(=O)(=O)C2=CC(C)(C)ON2)c1OC(F)(F)F. The van der Waals surface area contributed by atoms with Crippen LogP contribution in [0.5, 0.6) is 5.88 Å². The molecule has 2 rings (SSSR count). The van der Waals surface area contributed by atoms with Crippen molar-refractivity contribution in [3.63, 3.8) is 0 Å². The van der Waals surface area contributed by atoms with E-state index in [1.807, 2.05) is 0 Å². The summed E-state index contributed by atoms with van der Waals surface area (Å²) in [6.45, 7) is 3.76. The third-order valence-corrected chi connectivity index (χ3v) is 4.88. The third-order valence-electron chi connectivity index (χ3n) is 3.34. The normalized spacial score (nSPS) is 17.6. The predicted octanol–water partition coefficient (Wildman–Crippen LogP) is 2.89. The van der Waals surface area contributed by atoms with Crippen LogP contribution in [-0.4, -0.2) is 30.2 Å². The van der Waals surface area contributed by atoms with E-state index in [0.717, 1.165) is 6.08 Å². The van der Waals surface area contributed by atoms with Gasteiger partial charge in [-0.05, 0) is 26.8 Å². The Morgan fingerprint density at radius 3 is 2.26 bits per heavy atom. The molecule has 0 radical (unpaired) electrons. The van der Waals surface area contributed by atoms with Crippen molar-refractivity contribution in [1.82, 2.24) is 15.3 Å². The minimum Gasteiger partial charge on any atom is -0.388 e. The van der Waals surface area contributed by atoms with Gasteiger partial charge in [0.2, 0.25) is 5.88 Å². The van der Waals surface area contributed by atoms with Gasteiger partial charge in [0.05, 0.1) is 11.3 Å². The maximum atomic E-state index is 13.2. The number of nitrogens with one attached hydrogen (secondary N) is 1. The fraction of sp³-hybridized carbons (Fsp3) is 0.615. The molecule has 0 bridgehead atoms. The van der Waals surface area contributed by atoms with Crippen LogP contribution in [0.4, 0.5) is 26.3 Å². The number of hydrogen-bond donors (Lipinski definition) is 1. The van der Waals surface area contributed by atoms with Crippen molar-refractivity contribution in [3.05, 3.63) is 22.4 Å². The van der Waals surface area contributed by atoms with E-state index in [0.29, 0.717) is 4.68 Å². The van der Waals surface area contributed by atoms with E-state index in [2.05, 4.69) is 15.3 Å². The smallest absolute Gasteiger partial charge is 0.388 e. The summed E-state index contributed by atoms with van der Waals surface area (Å²) in [6, 6.07) is 0. The molecule has 0 spiro atoms. The molecule has 1 aromatic rings. The van der Waals surface area contributed by atoms with Crippen LogP contribution in [0.15, 0.2) is 11.1 Å². The van der Waals surface area contributed by atoms with Crippen molar-refractivity contribution >= 4 is 9.84 Å². The fourth-order valence-corrected chi connectivity index (χ4v) is 3.68. The summed E-state index contributed by atoms with van der Waals surface area (Å²) in [5.41, 5.74) is -2.03. The number of alkyl halides is 6. The molecule has 0 saturated heterocycles. The number of nitrogens with zero attached hydrogens (tertiary/aromatic N) is 2. The van der Waals surface area contributed by atoms with E-state index in [1.54, 1.807) is 0 Å². The molecule has 0 aliphatic carbocycles. The van der Waals surface area contributed by atoms with Crippen molar-refractivity contribution in [2.45, 2.75) is 51.2 Å². The van der Waals surface area contributed by atoms with E-state index >= 15 is 0 Å². The first-order valence-electron chi connectivity index (χ1n) is 7.38. The first-order valence-corrected chi connectivity index (χ1v) is 9.03. The van der Waals surface area contributed by atoms with Gasteiger partial charge >= 0.3 is 12.5 Å². The Hall–Kier alpha value is -1.96. The van der Waals surface area contributed by atoms with E-state index in [-0.39, 0.29) is 0 Å². The first kappa shape index (κ1) is 21.3. The Kier molecular flexibility index (Phi) is 5.20. The average molecular weight is 423 g/mol. The lowest BCUT2D eigenvalue weighted by Gasteiger charge is -2.13. The molecule has 1 aliphatic heterocycles. The minimum absolute atomic E-state index is 0.304. The zero-order valence-corrected chi connectivity index (χ0v) is 15.0. The standard InChI is InChI=1S/C13H15F6N3O4S/c1-4-22-10(25-13(17,18)19)7(9(20-22)12(14,15)16)6-27(23,24)8-5-11(2,3)26-21-8/h5,21H,4,6H2,1-3H3. The predicted molar refractivity (Wildman–Crippen MR) is 78.6 cm³/mol. The third kappa shape index (κ3) is 4.86. The van der Waals surface area contributed by atoms with Gasteiger partial charge in [0.15, 0.2) is 20.6 Å². The van der Waals surface area contributed by atoms with Crippen LogP contribution in [0.2, 0.25) is 0 Å². The highest BCUT2D eigenvalue weighted by atomic mass is 32.2. The zero-order valence-electron chi connectivity index (χ0n) is 14.2. The Bertz CT molecular complexity index is 855. The van der Waals surface area contributed by atoms with Crippen LogP contribution in [0.3, 0.4) is 0 Å². The van der Waals surface area contributed by atoms with Crippen molar-refractivity contribution in [2.75, 3.05) is 0 Å². The highest BCUT2D eigenvalue weighted by Gasteiger charge is 2.44. The topological polar surface area (TPSA) is 82.5 Å². The molecular weight excluding hydrogens is 408 g/mol. The zero-order chi connectivity index (χ0) is 20.8. The Balaban J connectivity index is 2.58. The number of aryl methyl sites for hydroxylation is 1. The second-order valence-corrected chi connectivity index (χ2v) is 8.03. The van der Waals surface area contributed by atoms with Crippen LogP contribution in [0.1, 0.15) is 32.0 Å². The molecule has 0 saturated carbocycles. The largest absolute Gasteiger partial charge is 0.574 e. The molecule has 0 aromatic carbocycles. The quantitative estimate of drug-likeness (QED) is 0.734. The summed E-state index contributed by atoms with van der Waals surface area (Å²) in [6.07, 6.45) is -9.45. The summed E-state index contributed by atoms with van der Waals surface area (Å²) in [4.78, 5) is 4.94. The second kappa shape index (κ2) is 6.58. The van der Waals surface area contributed by atoms with Crippen molar-refractivity contribution in [2.24, 2.45) is 0 Å². The van der Waals surface area contributed by atoms with E-state index in [1.165, 1.54) is 20.8 Å². The number of aromatic nitrogens is 2. The van der Waals surface area contributed by atoms with Gasteiger partial charge in [-0.25, -0.2) is 13.1 Å². The lowest BCUT2D eigenvalue weighted by Crippen LogP contribution is -2.23. The number of ether oxygens (including phenoxy) is 1. The van der Waals surface area contributed by atoms with Crippen LogP contribution in [-0.2, 0) is 33.1 Å². The van der Waals surface area contributed by atoms with Crippen molar-refractivity contribution in [3.8, 4) is 5.88 Å². The number of hydrogen-bond acceptors (Lipinski definition) is 6. The molecule has 7 nitrogen and oxygen atoms in total. The summed E-state index contributed by atoms with van der Waals surface area (Å²) >= 11 is 0. The van der Waals surface area contributed by atoms with Gasteiger partial charge in [-0.2, -0.15) is 18.3 Å². The Labute approximate surface area is 149 Å². The van der Waals surface area contributed by atoms with Crippen LogP contribution in [0.25, 0.3) is 0 Å². The maximum absolute atomic E-state index is 13.2. The van der Waals surface area contributed by atoms with Crippen molar-refractivity contribution < 1.29 is 44.3 Å². The van der Waals surface area contributed by atoms with Gasteiger partial charge < -0.3 is 4.74 Å². The fourth-order valence-electron chi connectivity index (χ4n) is 2.26. The molecule has 0 fully saturated rings. The van der Waals surface area contributed by atoms with Gasteiger partial charge in [-0.1, -0.05) is 0 Å². The van der Waals surface area contributed by atoms with E-state index in [9.17, 15) is 34.8 Å². The van der Waals surface area contributed by atoms with Gasteiger partial charge in [0.25, 0.3) is 0 Å². The summed E-state index contributed by atoms with van der Waals surface area (Å²) in [5, 5.41) is 2.49. The monoisotopic (exact) mass is 423 g/mol. The molecule has 1 aliphatic rings. The lowest BCUT2D eigenvalue weighted by atomic mass is 10.1. The maximum Gasteiger partial charge on any atom is 0.574 e. The molecule has 1 aromatic heterocycles. The summed E-state index contributed by atoms with van der Waals surface area (Å²) < 4.78 is 106. The Morgan fingerprint density at radius 1 is 1.26 bits per heavy atom. The van der Waals surface area contributed by atoms with Crippen molar-refractivity contribution in [1.29, 1.82) is 0 Å². The molecule has 2 heterocycles. The van der Waals surface area contributed by atoms with E-state index in [4.69, 9.17) is 4.84 Å². The number of sulfone groups is 1. The lowest BCUT2D eigenvalue weighted by molar-refractivity contribution is -0.277. The molecule has 14 heteroatoms. The molecule has 0 amide bonds. The highest BCUT2D eigenvalue weighted by molar-refractivity contribution is 7.94. The van der Waals surface area contributed by atoms with Gasteiger partial charge in [0, 0.05) is 6.54 Å². The number of rotatable bonds is 5. The average Bonchev–Trinajstić information content (AvgIpc) is 2.98. The molecule has 154 valence electrons.